The van der Waals surface area contributed by atoms with E-state index >= 15 is 0 Å². The van der Waals surface area contributed by atoms with Crippen molar-refractivity contribution in [2.75, 3.05) is 7.11 Å². The summed E-state index contributed by atoms with van der Waals surface area (Å²) in [4.78, 5) is 0. The van der Waals surface area contributed by atoms with Gasteiger partial charge in [0.1, 0.15) is 17.1 Å². The van der Waals surface area contributed by atoms with Crippen molar-refractivity contribution in [3.05, 3.63) is 64.9 Å². The van der Waals surface area contributed by atoms with Crippen molar-refractivity contribution in [2.45, 2.75) is 19.9 Å². The molecular weight excluding hydrogens is 262 g/mol. The highest BCUT2D eigenvalue weighted by Crippen LogP contribution is 2.30. The van der Waals surface area contributed by atoms with Crippen LogP contribution >= 0.6 is 0 Å². The molecule has 108 valence electrons. The summed E-state index contributed by atoms with van der Waals surface area (Å²) in [5.74, 6) is 1.55. The molecule has 1 atom stereocenters. The second-order valence-corrected chi connectivity index (χ2v) is 5.39. The first kappa shape index (κ1) is 13.7. The van der Waals surface area contributed by atoms with E-state index in [-0.39, 0.29) is 6.04 Å². The van der Waals surface area contributed by atoms with Crippen LogP contribution in [-0.2, 0) is 0 Å². The molecule has 2 N–H and O–H groups in total. The van der Waals surface area contributed by atoms with Gasteiger partial charge in [-0.05, 0) is 43.2 Å². The van der Waals surface area contributed by atoms with E-state index in [9.17, 15) is 0 Å². The average Bonchev–Trinajstić information content (AvgIpc) is 2.89. The Labute approximate surface area is 124 Å². The maximum Gasteiger partial charge on any atom is 0.138 e. The summed E-state index contributed by atoms with van der Waals surface area (Å²) in [6.07, 6.45) is 0. The highest BCUT2D eigenvalue weighted by Gasteiger charge is 2.16. The largest absolute Gasteiger partial charge is 0.497 e. The summed E-state index contributed by atoms with van der Waals surface area (Å²) < 4.78 is 11.1. The number of benzene rings is 2. The fourth-order valence-corrected chi connectivity index (χ4v) is 2.64. The third kappa shape index (κ3) is 2.52. The summed E-state index contributed by atoms with van der Waals surface area (Å²) in [5.41, 5.74) is 10.7. The molecule has 2 aromatic carbocycles. The predicted molar refractivity (Wildman–Crippen MR) is 84.7 cm³/mol. The maximum atomic E-state index is 6.38. The molecule has 1 aromatic heterocycles. The van der Waals surface area contributed by atoms with Gasteiger partial charge in [-0.15, -0.1) is 0 Å². The lowest BCUT2D eigenvalue weighted by Gasteiger charge is -2.12. The van der Waals surface area contributed by atoms with Crippen LogP contribution in [0.15, 0.2) is 46.9 Å². The summed E-state index contributed by atoms with van der Waals surface area (Å²) in [6, 6.07) is 13.8. The van der Waals surface area contributed by atoms with Crippen molar-refractivity contribution < 1.29 is 9.15 Å². The van der Waals surface area contributed by atoms with Crippen molar-refractivity contribution in [2.24, 2.45) is 5.73 Å². The topological polar surface area (TPSA) is 48.4 Å². The highest BCUT2D eigenvalue weighted by atomic mass is 16.5. The van der Waals surface area contributed by atoms with E-state index in [1.54, 1.807) is 7.11 Å². The molecule has 0 aliphatic carbocycles. The molecule has 0 bridgehead atoms. The fourth-order valence-electron chi connectivity index (χ4n) is 2.64. The zero-order valence-corrected chi connectivity index (χ0v) is 12.5. The second kappa shape index (κ2) is 5.26. The minimum absolute atomic E-state index is 0.260. The van der Waals surface area contributed by atoms with Gasteiger partial charge < -0.3 is 14.9 Å². The van der Waals surface area contributed by atoms with Crippen molar-refractivity contribution in [3.8, 4) is 5.75 Å². The molecule has 0 aliphatic rings. The zero-order chi connectivity index (χ0) is 15.0. The number of fused-ring (bicyclic) bond motifs is 1. The molecule has 21 heavy (non-hydrogen) atoms. The lowest BCUT2D eigenvalue weighted by Crippen LogP contribution is -2.12. The Bertz CT molecular complexity index is 789. The zero-order valence-electron chi connectivity index (χ0n) is 12.5. The third-order valence-electron chi connectivity index (χ3n) is 3.81. The van der Waals surface area contributed by atoms with Gasteiger partial charge >= 0.3 is 0 Å². The van der Waals surface area contributed by atoms with Crippen LogP contribution in [0.3, 0.4) is 0 Å². The van der Waals surface area contributed by atoms with E-state index in [0.29, 0.717) is 0 Å². The number of hydrogen-bond acceptors (Lipinski definition) is 3. The van der Waals surface area contributed by atoms with Gasteiger partial charge in [-0.2, -0.15) is 0 Å². The summed E-state index contributed by atoms with van der Waals surface area (Å²) in [7, 11) is 1.65. The summed E-state index contributed by atoms with van der Waals surface area (Å²) >= 11 is 0. The monoisotopic (exact) mass is 281 g/mol. The van der Waals surface area contributed by atoms with E-state index in [1.807, 2.05) is 24.3 Å². The molecule has 0 amide bonds. The van der Waals surface area contributed by atoms with Crippen LogP contribution < -0.4 is 10.5 Å². The molecular formula is C18H19NO2. The van der Waals surface area contributed by atoms with Gasteiger partial charge in [-0.1, -0.05) is 23.8 Å². The van der Waals surface area contributed by atoms with Gasteiger partial charge in [0.05, 0.1) is 13.2 Å². The predicted octanol–water partition coefficient (Wildman–Crippen LogP) is 4.11. The van der Waals surface area contributed by atoms with Gasteiger partial charge in [-0.3, -0.25) is 0 Å². The van der Waals surface area contributed by atoms with Crippen LogP contribution in [0.2, 0.25) is 0 Å². The minimum atomic E-state index is -0.260. The lowest BCUT2D eigenvalue weighted by atomic mass is 9.98. The fraction of sp³-hybridized carbons (Fsp3) is 0.222. The standard InChI is InChI=1S/C18H19NO2/c1-11-4-7-15(12(2)8-11)18(19)17-9-13-5-6-14(20-3)10-16(13)21-17/h4-10,18H,19H2,1-3H3. The van der Waals surface area contributed by atoms with E-state index in [1.165, 1.54) is 11.1 Å². The molecule has 0 saturated heterocycles. The minimum Gasteiger partial charge on any atom is -0.497 e. The van der Waals surface area contributed by atoms with Crippen LogP contribution in [0.5, 0.6) is 5.75 Å². The highest BCUT2D eigenvalue weighted by molar-refractivity contribution is 5.79. The number of rotatable bonds is 3. The van der Waals surface area contributed by atoms with Crippen molar-refractivity contribution in [3.63, 3.8) is 0 Å². The Morgan fingerprint density at radius 1 is 1.05 bits per heavy atom. The van der Waals surface area contributed by atoms with E-state index in [2.05, 4.69) is 32.0 Å². The quantitative estimate of drug-likeness (QED) is 0.786. The first-order chi connectivity index (χ1) is 10.1. The molecule has 0 radical (unpaired) electrons. The normalized spacial score (nSPS) is 12.6. The van der Waals surface area contributed by atoms with Crippen molar-refractivity contribution >= 4 is 11.0 Å². The van der Waals surface area contributed by atoms with E-state index in [0.717, 1.165) is 28.0 Å². The molecule has 0 aliphatic heterocycles. The van der Waals surface area contributed by atoms with Crippen LogP contribution in [0.25, 0.3) is 11.0 Å². The lowest BCUT2D eigenvalue weighted by molar-refractivity contribution is 0.414. The molecule has 0 saturated carbocycles. The van der Waals surface area contributed by atoms with E-state index < -0.39 is 0 Å². The SMILES string of the molecule is COc1ccc2cc(C(N)c3ccc(C)cc3C)oc2c1. The first-order valence-electron chi connectivity index (χ1n) is 6.98. The number of aryl methyl sites for hydroxylation is 2. The van der Waals surface area contributed by atoms with Crippen LogP contribution in [0.1, 0.15) is 28.5 Å². The van der Waals surface area contributed by atoms with Gasteiger partial charge in [0.15, 0.2) is 0 Å². The molecule has 3 rings (SSSR count). The molecule has 1 heterocycles. The van der Waals surface area contributed by atoms with Crippen LogP contribution in [0.4, 0.5) is 0 Å². The number of methoxy groups -OCH3 is 1. The van der Waals surface area contributed by atoms with Crippen LogP contribution in [0, 0.1) is 13.8 Å². The smallest absolute Gasteiger partial charge is 0.138 e. The number of furan rings is 1. The molecule has 1 unspecified atom stereocenters. The van der Waals surface area contributed by atoms with Crippen LogP contribution in [-0.4, -0.2) is 7.11 Å². The van der Waals surface area contributed by atoms with Crippen molar-refractivity contribution in [1.29, 1.82) is 0 Å². The third-order valence-corrected chi connectivity index (χ3v) is 3.81. The van der Waals surface area contributed by atoms with Gasteiger partial charge in [0.25, 0.3) is 0 Å². The van der Waals surface area contributed by atoms with Gasteiger partial charge in [0.2, 0.25) is 0 Å². The Balaban J connectivity index is 2.02. The molecule has 0 fully saturated rings. The van der Waals surface area contributed by atoms with Gasteiger partial charge in [0, 0.05) is 11.5 Å². The maximum absolute atomic E-state index is 6.38. The van der Waals surface area contributed by atoms with E-state index in [4.69, 9.17) is 14.9 Å². The number of ether oxygens (including phenoxy) is 1. The van der Waals surface area contributed by atoms with Gasteiger partial charge in [-0.25, -0.2) is 0 Å². The summed E-state index contributed by atoms with van der Waals surface area (Å²) in [5, 5.41) is 1.03. The Hall–Kier alpha value is -2.26. The second-order valence-electron chi connectivity index (χ2n) is 5.39. The number of nitrogens with two attached hydrogens (primary N) is 1. The Morgan fingerprint density at radius 3 is 2.57 bits per heavy atom. The molecule has 3 heteroatoms. The number of hydrogen-bond donors (Lipinski definition) is 1. The molecule has 3 aromatic rings. The molecule has 0 spiro atoms. The average molecular weight is 281 g/mol. The molecule has 3 nitrogen and oxygen atoms in total. The summed E-state index contributed by atoms with van der Waals surface area (Å²) in [6.45, 7) is 4.16. The Morgan fingerprint density at radius 2 is 1.86 bits per heavy atom. The Kier molecular flexibility index (Phi) is 3.43. The first-order valence-corrected chi connectivity index (χ1v) is 6.98. The van der Waals surface area contributed by atoms with Crippen molar-refractivity contribution in [1.82, 2.24) is 0 Å².